The highest BCUT2D eigenvalue weighted by molar-refractivity contribution is 7.89. The maximum absolute atomic E-state index is 13.3. The maximum Gasteiger partial charge on any atom is 0.256 e. The minimum Gasteiger partial charge on any atom is -0.387 e. The predicted octanol–water partition coefficient (Wildman–Crippen LogP) is 3.94. The Morgan fingerprint density at radius 1 is 1.12 bits per heavy atom. The van der Waals surface area contributed by atoms with Gasteiger partial charge in [0, 0.05) is 30.5 Å². The molecule has 34 heavy (non-hydrogen) atoms. The number of carbonyl (C=O) groups is 1. The van der Waals surface area contributed by atoms with Gasteiger partial charge in [0.15, 0.2) is 0 Å². The number of thiophene rings is 1. The number of nitroso groups, excluding NO2 is 1. The number of aliphatic hydroxyl groups is 1. The normalized spacial score (nSPS) is 12.5. The molecule has 1 atom stereocenters. The third-order valence-electron chi connectivity index (χ3n) is 4.91. The molecule has 1 unspecified atom stereocenters. The summed E-state index contributed by atoms with van der Waals surface area (Å²) in [5.41, 5.74) is 0.450. The molecule has 0 saturated carbocycles. The van der Waals surface area contributed by atoms with Crippen LogP contribution in [-0.4, -0.2) is 43.9 Å². The van der Waals surface area contributed by atoms with Crippen LogP contribution in [0.3, 0.4) is 0 Å². The monoisotopic (exact) mass is 509 g/mol. The molecule has 2 N–H and O–H groups in total. The van der Waals surface area contributed by atoms with Crippen molar-refractivity contribution in [1.82, 2.24) is 4.31 Å². The second kappa shape index (κ2) is 10.9. The summed E-state index contributed by atoms with van der Waals surface area (Å²) in [6.07, 6.45) is -1.06. The average molecular weight is 510 g/mol. The van der Waals surface area contributed by atoms with Gasteiger partial charge >= 0.3 is 0 Å². The van der Waals surface area contributed by atoms with Crippen LogP contribution in [0, 0.1) is 16.5 Å². The van der Waals surface area contributed by atoms with Gasteiger partial charge in [0.2, 0.25) is 10.0 Å². The van der Waals surface area contributed by atoms with Gasteiger partial charge in [-0.1, -0.05) is 17.3 Å². The van der Waals surface area contributed by atoms with E-state index in [2.05, 4.69) is 10.5 Å². The van der Waals surface area contributed by atoms with Gasteiger partial charge in [-0.25, -0.2) is 17.2 Å². The van der Waals surface area contributed by atoms with Crippen molar-refractivity contribution in [2.75, 3.05) is 25.5 Å². The van der Waals surface area contributed by atoms with Crippen molar-refractivity contribution in [2.45, 2.75) is 17.4 Å². The van der Waals surface area contributed by atoms with Crippen LogP contribution in [0.5, 0.6) is 0 Å². The molecule has 0 spiro atoms. The molecule has 8 nitrogen and oxygen atoms in total. The first kappa shape index (κ1) is 25.6. The Bertz CT molecular complexity index is 1260. The van der Waals surface area contributed by atoms with E-state index in [0.717, 1.165) is 39.9 Å². The third-order valence-corrected chi connectivity index (χ3v) is 7.99. The number of benzene rings is 2. The highest BCUT2D eigenvalue weighted by Gasteiger charge is 2.29. The van der Waals surface area contributed by atoms with Crippen LogP contribution in [0.25, 0.3) is 0 Å². The van der Waals surface area contributed by atoms with Crippen LogP contribution in [0.1, 0.15) is 26.9 Å². The Hall–Kier alpha value is -3.06. The lowest BCUT2D eigenvalue weighted by Crippen LogP contribution is -2.31. The van der Waals surface area contributed by atoms with E-state index in [4.69, 9.17) is 0 Å². The number of nitrogens with one attached hydrogen (secondary N) is 1. The van der Waals surface area contributed by atoms with Crippen molar-refractivity contribution < 1.29 is 27.1 Å². The lowest BCUT2D eigenvalue weighted by Gasteiger charge is -2.21. The summed E-state index contributed by atoms with van der Waals surface area (Å²) in [4.78, 5) is 23.4. The first-order valence-electron chi connectivity index (χ1n) is 10.0. The number of sulfonamides is 1. The molecule has 12 heteroatoms. The van der Waals surface area contributed by atoms with E-state index >= 15 is 0 Å². The number of hydrogen-bond acceptors (Lipinski definition) is 7. The van der Waals surface area contributed by atoms with E-state index in [1.165, 1.54) is 37.4 Å². The summed E-state index contributed by atoms with van der Waals surface area (Å²) in [5.74, 6) is -1.66. The van der Waals surface area contributed by atoms with Crippen LogP contribution in [-0.2, 0) is 16.4 Å². The summed E-state index contributed by atoms with van der Waals surface area (Å²) in [6, 6.07) is 11.1. The van der Waals surface area contributed by atoms with Crippen molar-refractivity contribution in [2.24, 2.45) is 5.18 Å². The van der Waals surface area contributed by atoms with Gasteiger partial charge in [-0.05, 0) is 48.0 Å². The number of aliphatic hydroxyl groups excluding tert-OH is 1. The predicted molar refractivity (Wildman–Crippen MR) is 124 cm³/mol. The van der Waals surface area contributed by atoms with E-state index in [0.29, 0.717) is 10.4 Å². The second-order valence-electron chi connectivity index (χ2n) is 7.32. The summed E-state index contributed by atoms with van der Waals surface area (Å²) < 4.78 is 53.8. The smallest absolute Gasteiger partial charge is 0.256 e. The number of anilines is 1. The van der Waals surface area contributed by atoms with Crippen LogP contribution in [0.4, 0.5) is 13.8 Å². The molecular formula is C22H21F2N3O5S2. The number of amides is 1. The Kier molecular flexibility index (Phi) is 8.20. The van der Waals surface area contributed by atoms with Gasteiger partial charge in [0.1, 0.15) is 21.5 Å². The molecule has 1 aromatic heterocycles. The summed E-state index contributed by atoms with van der Waals surface area (Å²) in [5, 5.41) is 15.7. The number of likely N-dealkylation sites (N-methyl/N-ethyl adjacent to an activating group) is 1. The van der Waals surface area contributed by atoms with E-state index < -0.39 is 33.7 Å². The standard InChI is InChI=1S/C22H21F2N3O5S2/c1-27(13-19(28)14-2-6-16(23)7-3-14)34(31,32)20-12-18(10-11-25-30)33-22(20)26-21(29)15-4-8-17(24)9-5-15/h2-9,12,19,28H,10-11,13H2,1H3,(H,26,29). The fourth-order valence-corrected chi connectivity index (χ4v) is 5.76. The molecule has 180 valence electrons. The molecule has 0 fully saturated rings. The van der Waals surface area contributed by atoms with Gasteiger partial charge in [-0.3, -0.25) is 4.79 Å². The van der Waals surface area contributed by atoms with Crippen molar-refractivity contribution >= 4 is 32.3 Å². The van der Waals surface area contributed by atoms with Crippen molar-refractivity contribution in [3.8, 4) is 0 Å². The van der Waals surface area contributed by atoms with Gasteiger partial charge < -0.3 is 10.4 Å². The number of nitrogens with zero attached hydrogens (tertiary/aromatic N) is 2. The molecule has 3 rings (SSSR count). The van der Waals surface area contributed by atoms with E-state index in [-0.39, 0.29) is 35.0 Å². The Morgan fingerprint density at radius 3 is 2.29 bits per heavy atom. The zero-order chi connectivity index (χ0) is 24.9. The molecular weight excluding hydrogens is 488 g/mol. The molecule has 0 bridgehead atoms. The van der Waals surface area contributed by atoms with Gasteiger partial charge in [0.05, 0.1) is 12.6 Å². The maximum atomic E-state index is 13.3. The fraction of sp³-hybridized carbons (Fsp3) is 0.227. The largest absolute Gasteiger partial charge is 0.387 e. The molecule has 3 aromatic rings. The highest BCUT2D eigenvalue weighted by atomic mass is 32.2. The Labute approximate surface area is 198 Å². The summed E-state index contributed by atoms with van der Waals surface area (Å²) >= 11 is 0.972. The molecule has 0 aliphatic rings. The molecule has 1 heterocycles. The summed E-state index contributed by atoms with van der Waals surface area (Å²) in [6.45, 7) is -0.412. The number of halogens is 2. The van der Waals surface area contributed by atoms with Gasteiger partial charge in [-0.2, -0.15) is 9.21 Å². The first-order chi connectivity index (χ1) is 16.1. The van der Waals surface area contributed by atoms with Crippen molar-refractivity contribution in [1.29, 1.82) is 0 Å². The quantitative estimate of drug-likeness (QED) is 0.402. The number of rotatable bonds is 10. The SMILES string of the molecule is CN(CC(O)c1ccc(F)cc1)S(=O)(=O)c1cc(CCN=O)sc1NC(=O)c1ccc(F)cc1. The molecule has 0 saturated heterocycles. The topological polar surface area (TPSA) is 116 Å². The highest BCUT2D eigenvalue weighted by Crippen LogP contribution is 2.35. The van der Waals surface area contributed by atoms with Crippen LogP contribution >= 0.6 is 11.3 Å². The minimum atomic E-state index is -4.19. The molecule has 0 aliphatic carbocycles. The van der Waals surface area contributed by atoms with Crippen LogP contribution in [0.2, 0.25) is 0 Å². The number of carbonyl (C=O) groups excluding carboxylic acids is 1. The van der Waals surface area contributed by atoms with Gasteiger partial charge in [-0.15, -0.1) is 11.3 Å². The van der Waals surface area contributed by atoms with Crippen LogP contribution in [0.15, 0.2) is 64.7 Å². The third kappa shape index (κ3) is 6.08. The average Bonchev–Trinajstić information content (AvgIpc) is 3.21. The lowest BCUT2D eigenvalue weighted by molar-refractivity contribution is 0.102. The lowest BCUT2D eigenvalue weighted by atomic mass is 10.1. The fourth-order valence-electron chi connectivity index (χ4n) is 3.06. The number of hydrogen-bond donors (Lipinski definition) is 2. The molecule has 0 radical (unpaired) electrons. The van der Waals surface area contributed by atoms with E-state index in [9.17, 15) is 32.0 Å². The van der Waals surface area contributed by atoms with Gasteiger partial charge in [0.25, 0.3) is 5.91 Å². The second-order valence-corrected chi connectivity index (χ2v) is 10.5. The van der Waals surface area contributed by atoms with Crippen molar-refractivity contribution in [3.05, 3.63) is 87.1 Å². The van der Waals surface area contributed by atoms with E-state index in [1.807, 2.05) is 0 Å². The first-order valence-corrected chi connectivity index (χ1v) is 12.3. The summed E-state index contributed by atoms with van der Waals surface area (Å²) in [7, 11) is -2.93. The Balaban J connectivity index is 1.87. The Morgan fingerprint density at radius 2 is 1.71 bits per heavy atom. The molecule has 1 amide bonds. The van der Waals surface area contributed by atoms with E-state index in [1.54, 1.807) is 0 Å². The zero-order valence-corrected chi connectivity index (χ0v) is 19.6. The minimum absolute atomic E-state index is 0.0124. The van der Waals surface area contributed by atoms with Crippen molar-refractivity contribution in [3.63, 3.8) is 0 Å². The zero-order valence-electron chi connectivity index (χ0n) is 17.9. The van der Waals surface area contributed by atoms with Crippen LogP contribution < -0.4 is 5.32 Å². The molecule has 0 aliphatic heterocycles. The molecule has 2 aromatic carbocycles.